The summed E-state index contributed by atoms with van der Waals surface area (Å²) < 4.78 is 0. The molecule has 1 aliphatic rings. The average Bonchev–Trinajstić information content (AvgIpc) is 2.42. The standard InChI is InChI=1S/C15H27NSi/c1-8-14(6,13(5)17)16-15(7)9-10(2)11(3)12(15)4/h9,16H,8,17H2,1-7H3. The highest BCUT2D eigenvalue weighted by molar-refractivity contribution is 6.40. The summed E-state index contributed by atoms with van der Waals surface area (Å²) in [6.45, 7) is 15.8. The topological polar surface area (TPSA) is 12.0 Å². The molecule has 96 valence electrons. The van der Waals surface area contributed by atoms with Gasteiger partial charge in [-0.1, -0.05) is 23.7 Å². The predicted molar refractivity (Wildman–Crippen MR) is 81.6 cm³/mol. The van der Waals surface area contributed by atoms with E-state index in [0.29, 0.717) is 0 Å². The Hall–Kier alpha value is -0.473. The van der Waals surface area contributed by atoms with Crippen LogP contribution in [0.4, 0.5) is 0 Å². The van der Waals surface area contributed by atoms with Gasteiger partial charge in [0.05, 0.1) is 5.54 Å². The summed E-state index contributed by atoms with van der Waals surface area (Å²) in [6.07, 6.45) is 3.49. The van der Waals surface area contributed by atoms with Gasteiger partial charge in [0.15, 0.2) is 0 Å². The first kappa shape index (κ1) is 14.6. The highest BCUT2D eigenvalue weighted by Gasteiger charge is 2.36. The van der Waals surface area contributed by atoms with Gasteiger partial charge >= 0.3 is 0 Å². The molecule has 1 aliphatic carbocycles. The largest absolute Gasteiger partial charge is 0.296 e. The van der Waals surface area contributed by atoms with Crippen molar-refractivity contribution in [3.63, 3.8) is 0 Å². The summed E-state index contributed by atoms with van der Waals surface area (Å²) >= 11 is 0. The lowest BCUT2D eigenvalue weighted by atomic mass is 9.87. The average molecular weight is 249 g/mol. The van der Waals surface area contributed by atoms with Crippen LogP contribution in [0.5, 0.6) is 0 Å². The van der Waals surface area contributed by atoms with Crippen LogP contribution in [0.1, 0.15) is 54.9 Å². The number of rotatable bonds is 4. The van der Waals surface area contributed by atoms with E-state index in [1.54, 1.807) is 0 Å². The van der Waals surface area contributed by atoms with E-state index in [-0.39, 0.29) is 11.1 Å². The van der Waals surface area contributed by atoms with Gasteiger partial charge < -0.3 is 0 Å². The van der Waals surface area contributed by atoms with Crippen LogP contribution in [0.2, 0.25) is 0 Å². The van der Waals surface area contributed by atoms with Crippen molar-refractivity contribution in [2.45, 2.75) is 66.0 Å². The second-order valence-corrected chi connectivity index (χ2v) is 6.93. The van der Waals surface area contributed by atoms with Gasteiger partial charge in [0.25, 0.3) is 0 Å². The third kappa shape index (κ3) is 2.53. The number of hydrogen-bond donors (Lipinski definition) is 1. The highest BCUT2D eigenvalue weighted by atomic mass is 28.1. The van der Waals surface area contributed by atoms with Gasteiger partial charge in [-0.25, -0.2) is 0 Å². The normalized spacial score (nSPS) is 28.1. The fourth-order valence-corrected chi connectivity index (χ4v) is 2.87. The first-order valence-electron chi connectivity index (χ1n) is 6.49. The summed E-state index contributed by atoms with van der Waals surface area (Å²) in [6, 6.07) is 0. The third-order valence-corrected chi connectivity index (χ3v) is 5.40. The van der Waals surface area contributed by atoms with Crippen LogP contribution in [0.15, 0.2) is 22.8 Å². The smallest absolute Gasteiger partial charge is 0.0566 e. The molecule has 0 radical (unpaired) electrons. The molecular formula is C15H27NSi. The van der Waals surface area contributed by atoms with E-state index in [4.69, 9.17) is 0 Å². The van der Waals surface area contributed by atoms with E-state index in [1.165, 1.54) is 21.9 Å². The first-order valence-corrected chi connectivity index (χ1v) is 7.20. The van der Waals surface area contributed by atoms with Gasteiger partial charge in [0, 0.05) is 5.54 Å². The lowest BCUT2D eigenvalue weighted by Gasteiger charge is -2.40. The zero-order chi connectivity index (χ0) is 13.4. The summed E-state index contributed by atoms with van der Waals surface area (Å²) in [5.74, 6) is 0. The van der Waals surface area contributed by atoms with Crippen molar-refractivity contribution in [1.82, 2.24) is 5.32 Å². The van der Waals surface area contributed by atoms with E-state index in [1.807, 2.05) is 9.85 Å². The van der Waals surface area contributed by atoms with Crippen molar-refractivity contribution in [3.8, 4) is 0 Å². The van der Waals surface area contributed by atoms with Crippen molar-refractivity contribution in [2.24, 2.45) is 0 Å². The molecule has 0 bridgehead atoms. The Bertz CT molecular complexity index is 405. The first-order chi connectivity index (χ1) is 7.66. The Morgan fingerprint density at radius 3 is 2.24 bits per heavy atom. The molecule has 0 fully saturated rings. The van der Waals surface area contributed by atoms with E-state index in [2.05, 4.69) is 59.9 Å². The summed E-state index contributed by atoms with van der Waals surface area (Å²) in [4.78, 5) is 0. The molecule has 1 N–H and O–H groups in total. The van der Waals surface area contributed by atoms with E-state index in [9.17, 15) is 0 Å². The monoisotopic (exact) mass is 249 g/mol. The molecule has 0 aliphatic heterocycles. The van der Waals surface area contributed by atoms with E-state index < -0.39 is 0 Å². The van der Waals surface area contributed by atoms with Crippen molar-refractivity contribution in [3.05, 3.63) is 22.8 Å². The van der Waals surface area contributed by atoms with Gasteiger partial charge in [-0.15, -0.1) is 0 Å². The molecule has 2 heteroatoms. The van der Waals surface area contributed by atoms with Gasteiger partial charge in [-0.05, 0) is 69.0 Å². The molecular weight excluding hydrogens is 222 g/mol. The lowest BCUT2D eigenvalue weighted by Crippen LogP contribution is -2.58. The Labute approximate surface area is 109 Å². The molecule has 0 spiro atoms. The summed E-state index contributed by atoms with van der Waals surface area (Å²) in [5, 5.41) is 5.34. The quantitative estimate of drug-likeness (QED) is 0.755. The van der Waals surface area contributed by atoms with Crippen molar-refractivity contribution < 1.29 is 0 Å². The van der Waals surface area contributed by atoms with Crippen molar-refractivity contribution in [2.75, 3.05) is 0 Å². The van der Waals surface area contributed by atoms with Crippen LogP contribution < -0.4 is 5.32 Å². The Balaban J connectivity index is 3.08. The lowest BCUT2D eigenvalue weighted by molar-refractivity contribution is 0.368. The fraction of sp³-hybridized carbons (Fsp3) is 0.667. The molecule has 0 aromatic rings. The Morgan fingerprint density at radius 1 is 1.41 bits per heavy atom. The van der Waals surface area contributed by atoms with Crippen LogP contribution in [-0.2, 0) is 0 Å². The molecule has 2 atom stereocenters. The minimum Gasteiger partial charge on any atom is -0.296 e. The molecule has 0 amide bonds. The van der Waals surface area contributed by atoms with Crippen LogP contribution in [0, 0.1) is 0 Å². The molecule has 1 nitrogen and oxygen atoms in total. The van der Waals surface area contributed by atoms with Crippen LogP contribution >= 0.6 is 0 Å². The molecule has 0 heterocycles. The predicted octanol–water partition coefficient (Wildman–Crippen LogP) is 2.63. The van der Waals surface area contributed by atoms with Crippen molar-refractivity contribution in [1.29, 1.82) is 0 Å². The van der Waals surface area contributed by atoms with Gasteiger partial charge in [-0.2, -0.15) is 0 Å². The Kier molecular flexibility index (Phi) is 4.00. The number of hydrogen-bond acceptors (Lipinski definition) is 1. The second kappa shape index (κ2) is 4.66. The summed E-state index contributed by atoms with van der Waals surface area (Å²) in [5.41, 5.74) is 4.44. The molecule has 1 rings (SSSR count). The fourth-order valence-electron chi connectivity index (χ4n) is 2.53. The van der Waals surface area contributed by atoms with Crippen LogP contribution in [-0.4, -0.2) is 26.1 Å². The maximum absolute atomic E-state index is 3.86. The zero-order valence-electron chi connectivity index (χ0n) is 12.5. The number of allylic oxidation sites excluding steroid dienone is 2. The van der Waals surface area contributed by atoms with E-state index >= 15 is 0 Å². The number of nitrogens with one attached hydrogen (secondary N) is 1. The molecule has 0 saturated heterocycles. The van der Waals surface area contributed by atoms with Gasteiger partial charge in [0.2, 0.25) is 0 Å². The molecule has 0 aromatic carbocycles. The van der Waals surface area contributed by atoms with Crippen molar-refractivity contribution >= 4 is 15.0 Å². The van der Waals surface area contributed by atoms with Crippen LogP contribution in [0.25, 0.3) is 0 Å². The second-order valence-electron chi connectivity index (χ2n) is 5.87. The SMILES string of the molecule is CCC(C)(NC1(C)C=C(C)C(C)=C1C)C(C)=[SiH2]. The molecule has 0 saturated carbocycles. The third-order valence-electron chi connectivity index (χ3n) is 4.62. The van der Waals surface area contributed by atoms with Gasteiger partial charge in [-0.3, -0.25) is 5.32 Å². The van der Waals surface area contributed by atoms with Crippen LogP contribution in [0.3, 0.4) is 0 Å². The molecule has 0 aromatic heterocycles. The zero-order valence-corrected chi connectivity index (χ0v) is 13.9. The highest BCUT2D eigenvalue weighted by Crippen LogP contribution is 2.35. The Morgan fingerprint density at radius 2 is 1.94 bits per heavy atom. The molecule has 2 unspecified atom stereocenters. The minimum absolute atomic E-state index is 0.0146. The maximum Gasteiger partial charge on any atom is 0.0566 e. The maximum atomic E-state index is 3.86. The molecule has 17 heavy (non-hydrogen) atoms. The van der Waals surface area contributed by atoms with Gasteiger partial charge in [0.1, 0.15) is 0 Å². The summed E-state index contributed by atoms with van der Waals surface area (Å²) in [7, 11) is 2.01. The van der Waals surface area contributed by atoms with E-state index in [0.717, 1.165) is 6.42 Å². The minimum atomic E-state index is 0.0146.